The Balaban J connectivity index is 2.56. The average Bonchev–Trinajstić information content (AvgIpc) is 2.08. The highest BCUT2D eigenvalue weighted by molar-refractivity contribution is 7.89. The van der Waals surface area contributed by atoms with Crippen LogP contribution in [0.3, 0.4) is 0 Å². The standard InChI is InChI=1S/C8H17NO3S/c1-8(7-10)6-9-4-2-3-5-13(9,11)12/h8,10H,2-7H2,1H3. The first-order valence-corrected chi connectivity index (χ1v) is 6.26. The van der Waals surface area contributed by atoms with Gasteiger partial charge in [0.1, 0.15) is 0 Å². The Hall–Kier alpha value is -0.130. The van der Waals surface area contributed by atoms with Crippen LogP contribution in [0, 0.1) is 5.92 Å². The molecule has 1 saturated heterocycles. The summed E-state index contributed by atoms with van der Waals surface area (Å²) >= 11 is 0. The van der Waals surface area contributed by atoms with E-state index < -0.39 is 10.0 Å². The molecule has 1 fully saturated rings. The monoisotopic (exact) mass is 207 g/mol. The summed E-state index contributed by atoms with van der Waals surface area (Å²) in [7, 11) is -3.01. The molecule has 0 saturated carbocycles. The minimum absolute atomic E-state index is 0.0351. The number of aliphatic hydroxyl groups is 1. The summed E-state index contributed by atoms with van der Waals surface area (Å²) in [6, 6.07) is 0. The lowest BCUT2D eigenvalue weighted by Gasteiger charge is -2.27. The van der Waals surface area contributed by atoms with Crippen LogP contribution in [0.4, 0.5) is 0 Å². The topological polar surface area (TPSA) is 57.6 Å². The maximum Gasteiger partial charge on any atom is 0.214 e. The van der Waals surface area contributed by atoms with Crippen molar-refractivity contribution in [3.8, 4) is 0 Å². The second-order valence-corrected chi connectivity index (χ2v) is 5.76. The fourth-order valence-corrected chi connectivity index (χ4v) is 3.17. The van der Waals surface area contributed by atoms with Crippen molar-refractivity contribution in [2.45, 2.75) is 19.8 Å². The van der Waals surface area contributed by atoms with E-state index in [-0.39, 0.29) is 18.3 Å². The van der Waals surface area contributed by atoms with Crippen LogP contribution in [0.15, 0.2) is 0 Å². The summed E-state index contributed by atoms with van der Waals surface area (Å²) in [6.07, 6.45) is 1.71. The number of hydrogen-bond acceptors (Lipinski definition) is 3. The molecule has 0 aromatic heterocycles. The van der Waals surface area contributed by atoms with Crippen LogP contribution in [-0.4, -0.2) is 43.3 Å². The molecule has 5 heteroatoms. The first-order chi connectivity index (χ1) is 6.06. The molecule has 0 aliphatic carbocycles. The van der Waals surface area contributed by atoms with Crippen LogP contribution < -0.4 is 0 Å². The summed E-state index contributed by atoms with van der Waals surface area (Å²) < 4.78 is 24.5. The van der Waals surface area contributed by atoms with E-state index in [4.69, 9.17) is 5.11 Å². The minimum atomic E-state index is -3.01. The third-order valence-corrected chi connectivity index (χ3v) is 4.20. The number of nitrogens with zero attached hydrogens (tertiary/aromatic N) is 1. The molecule has 1 unspecified atom stereocenters. The highest BCUT2D eigenvalue weighted by atomic mass is 32.2. The van der Waals surface area contributed by atoms with Crippen molar-refractivity contribution in [1.29, 1.82) is 0 Å². The van der Waals surface area contributed by atoms with Crippen molar-refractivity contribution >= 4 is 10.0 Å². The van der Waals surface area contributed by atoms with Gasteiger partial charge in [-0.3, -0.25) is 0 Å². The third-order valence-electron chi connectivity index (χ3n) is 2.28. The SMILES string of the molecule is CC(CO)CN1CCCCS1(=O)=O. The van der Waals surface area contributed by atoms with Gasteiger partial charge in [-0.15, -0.1) is 0 Å². The molecule has 1 heterocycles. The van der Waals surface area contributed by atoms with E-state index in [9.17, 15) is 8.42 Å². The van der Waals surface area contributed by atoms with E-state index in [0.717, 1.165) is 12.8 Å². The second-order valence-electron chi connectivity index (χ2n) is 3.67. The molecule has 0 spiro atoms. The van der Waals surface area contributed by atoms with Gasteiger partial charge in [-0.05, 0) is 18.8 Å². The Bertz CT molecular complexity index is 250. The molecule has 78 valence electrons. The van der Waals surface area contributed by atoms with Crippen molar-refractivity contribution in [1.82, 2.24) is 4.31 Å². The number of hydrogen-bond donors (Lipinski definition) is 1. The molecule has 1 atom stereocenters. The fourth-order valence-electron chi connectivity index (χ4n) is 1.45. The summed E-state index contributed by atoms with van der Waals surface area (Å²) in [5.41, 5.74) is 0. The van der Waals surface area contributed by atoms with E-state index in [1.54, 1.807) is 0 Å². The first-order valence-electron chi connectivity index (χ1n) is 4.65. The lowest BCUT2D eigenvalue weighted by atomic mass is 10.2. The Kier molecular flexibility index (Phi) is 3.70. The molecule has 1 aliphatic heterocycles. The van der Waals surface area contributed by atoms with Crippen molar-refractivity contribution in [2.24, 2.45) is 5.92 Å². The molecule has 1 N–H and O–H groups in total. The molecule has 0 amide bonds. The normalized spacial score (nSPS) is 25.7. The van der Waals surface area contributed by atoms with Gasteiger partial charge in [-0.25, -0.2) is 12.7 Å². The van der Waals surface area contributed by atoms with Gasteiger partial charge >= 0.3 is 0 Å². The molecular weight excluding hydrogens is 190 g/mol. The van der Waals surface area contributed by atoms with Gasteiger partial charge in [0.15, 0.2) is 0 Å². The maximum absolute atomic E-state index is 11.5. The van der Waals surface area contributed by atoms with Gasteiger partial charge in [0.25, 0.3) is 0 Å². The van der Waals surface area contributed by atoms with Crippen molar-refractivity contribution in [3.05, 3.63) is 0 Å². The largest absolute Gasteiger partial charge is 0.396 e. The number of aliphatic hydroxyl groups excluding tert-OH is 1. The Morgan fingerprint density at radius 3 is 2.69 bits per heavy atom. The van der Waals surface area contributed by atoms with Gasteiger partial charge in [-0.1, -0.05) is 6.92 Å². The fraction of sp³-hybridized carbons (Fsp3) is 1.00. The number of sulfonamides is 1. The molecule has 0 aromatic rings. The van der Waals surface area contributed by atoms with E-state index in [1.807, 2.05) is 6.92 Å². The van der Waals surface area contributed by atoms with Crippen LogP contribution in [0.25, 0.3) is 0 Å². The molecule has 1 rings (SSSR count). The van der Waals surface area contributed by atoms with Crippen LogP contribution >= 0.6 is 0 Å². The quantitative estimate of drug-likeness (QED) is 0.711. The van der Waals surface area contributed by atoms with Crippen LogP contribution in [-0.2, 0) is 10.0 Å². The molecule has 4 nitrogen and oxygen atoms in total. The highest BCUT2D eigenvalue weighted by Crippen LogP contribution is 2.14. The van der Waals surface area contributed by atoms with E-state index in [2.05, 4.69) is 0 Å². The smallest absolute Gasteiger partial charge is 0.214 e. The van der Waals surface area contributed by atoms with Crippen LogP contribution in [0.2, 0.25) is 0 Å². The van der Waals surface area contributed by atoms with Gasteiger partial charge in [-0.2, -0.15) is 0 Å². The first kappa shape index (κ1) is 10.9. The lowest BCUT2D eigenvalue weighted by Crippen LogP contribution is -2.40. The predicted octanol–water partition coefficient (Wildman–Crippen LogP) is 0.0404. The van der Waals surface area contributed by atoms with Gasteiger partial charge in [0.2, 0.25) is 10.0 Å². The summed E-state index contributed by atoms with van der Waals surface area (Å²) in [5.74, 6) is 0.304. The zero-order valence-electron chi connectivity index (χ0n) is 7.94. The molecule has 1 aliphatic rings. The van der Waals surface area contributed by atoms with E-state index in [0.29, 0.717) is 13.1 Å². The average molecular weight is 207 g/mol. The Morgan fingerprint density at radius 1 is 1.46 bits per heavy atom. The summed E-state index contributed by atoms with van der Waals surface area (Å²) in [4.78, 5) is 0. The van der Waals surface area contributed by atoms with Crippen molar-refractivity contribution in [3.63, 3.8) is 0 Å². The molecule has 0 radical (unpaired) electrons. The highest BCUT2D eigenvalue weighted by Gasteiger charge is 2.26. The van der Waals surface area contributed by atoms with E-state index >= 15 is 0 Å². The molecule has 0 bridgehead atoms. The van der Waals surface area contributed by atoms with Crippen molar-refractivity contribution in [2.75, 3.05) is 25.4 Å². The molecular formula is C8H17NO3S. The summed E-state index contributed by atoms with van der Waals surface area (Å²) in [5, 5.41) is 8.81. The summed E-state index contributed by atoms with van der Waals surface area (Å²) in [6.45, 7) is 2.97. The van der Waals surface area contributed by atoms with Gasteiger partial charge in [0.05, 0.1) is 5.75 Å². The Labute approximate surface area is 79.6 Å². The van der Waals surface area contributed by atoms with E-state index in [1.165, 1.54) is 4.31 Å². The zero-order chi connectivity index (χ0) is 9.90. The second kappa shape index (κ2) is 4.39. The lowest BCUT2D eigenvalue weighted by molar-refractivity contribution is 0.209. The predicted molar refractivity (Wildman–Crippen MR) is 50.8 cm³/mol. The number of rotatable bonds is 3. The van der Waals surface area contributed by atoms with Crippen molar-refractivity contribution < 1.29 is 13.5 Å². The van der Waals surface area contributed by atoms with Gasteiger partial charge < -0.3 is 5.11 Å². The van der Waals surface area contributed by atoms with Crippen LogP contribution in [0.1, 0.15) is 19.8 Å². The van der Waals surface area contributed by atoms with Gasteiger partial charge in [0, 0.05) is 19.7 Å². The molecule has 0 aromatic carbocycles. The minimum Gasteiger partial charge on any atom is -0.396 e. The zero-order valence-corrected chi connectivity index (χ0v) is 8.76. The maximum atomic E-state index is 11.5. The third kappa shape index (κ3) is 2.93. The van der Waals surface area contributed by atoms with Crippen LogP contribution in [0.5, 0.6) is 0 Å². The molecule has 13 heavy (non-hydrogen) atoms. The Morgan fingerprint density at radius 2 is 2.15 bits per heavy atom.